The fraction of sp³-hybridized carbons (Fsp3) is 0.462. The number of carbonyl (C=O) groups excluding carboxylic acids is 1. The molecule has 2 rings (SSSR count). The van der Waals surface area contributed by atoms with Crippen molar-refractivity contribution in [3.8, 4) is 0 Å². The van der Waals surface area contributed by atoms with Crippen LogP contribution >= 0.6 is 11.8 Å². The molecule has 0 fully saturated rings. The molecule has 16 heavy (non-hydrogen) atoms. The van der Waals surface area contributed by atoms with Crippen LogP contribution in [0, 0.1) is 0 Å². The van der Waals surface area contributed by atoms with Crippen LogP contribution in [-0.2, 0) is 6.42 Å². The topological polar surface area (TPSA) is 43.1 Å². The van der Waals surface area contributed by atoms with Gasteiger partial charge in [0, 0.05) is 16.9 Å². The van der Waals surface area contributed by atoms with E-state index >= 15 is 0 Å². The van der Waals surface area contributed by atoms with Crippen molar-refractivity contribution in [1.82, 2.24) is 0 Å². The number of Topliss-reactive ketones (excluding diaryl/α,β-unsaturated/α-hetero) is 1. The van der Waals surface area contributed by atoms with Crippen LogP contribution in [0.2, 0.25) is 0 Å². The van der Waals surface area contributed by atoms with Gasteiger partial charge in [-0.25, -0.2) is 0 Å². The normalized spacial score (nSPS) is 14.6. The summed E-state index contributed by atoms with van der Waals surface area (Å²) in [6, 6.07) is 6.12. The predicted octanol–water partition coefficient (Wildman–Crippen LogP) is 2.65. The standard InChI is InChI=1S/C13H17NOS/c14-7-1-4-12(15)10-5-6-13-11(9-10)3-2-8-16-13/h5-6,9H,1-4,7-8,14H2. The predicted molar refractivity (Wildman–Crippen MR) is 68.1 cm³/mol. The fourth-order valence-corrected chi connectivity index (χ4v) is 2.96. The van der Waals surface area contributed by atoms with Crippen molar-refractivity contribution in [3.05, 3.63) is 29.3 Å². The van der Waals surface area contributed by atoms with Crippen molar-refractivity contribution in [1.29, 1.82) is 0 Å². The van der Waals surface area contributed by atoms with E-state index in [1.165, 1.54) is 22.6 Å². The van der Waals surface area contributed by atoms with E-state index in [-0.39, 0.29) is 5.78 Å². The van der Waals surface area contributed by atoms with Gasteiger partial charge < -0.3 is 5.73 Å². The minimum Gasteiger partial charge on any atom is -0.330 e. The van der Waals surface area contributed by atoms with Crippen LogP contribution in [0.4, 0.5) is 0 Å². The molecule has 0 amide bonds. The van der Waals surface area contributed by atoms with E-state index in [2.05, 4.69) is 12.1 Å². The van der Waals surface area contributed by atoms with E-state index in [1.807, 2.05) is 17.8 Å². The van der Waals surface area contributed by atoms with Crippen molar-refractivity contribution in [2.75, 3.05) is 12.3 Å². The molecule has 3 heteroatoms. The summed E-state index contributed by atoms with van der Waals surface area (Å²) >= 11 is 1.90. The lowest BCUT2D eigenvalue weighted by Gasteiger charge is -2.15. The zero-order valence-electron chi connectivity index (χ0n) is 9.37. The number of fused-ring (bicyclic) bond motifs is 1. The van der Waals surface area contributed by atoms with Gasteiger partial charge in [0.15, 0.2) is 5.78 Å². The largest absolute Gasteiger partial charge is 0.330 e. The van der Waals surface area contributed by atoms with Crippen LogP contribution in [0.3, 0.4) is 0 Å². The SMILES string of the molecule is NCCCC(=O)c1ccc2c(c1)CCCS2. The van der Waals surface area contributed by atoms with E-state index in [0.717, 1.165) is 18.4 Å². The first kappa shape index (κ1) is 11.7. The Morgan fingerprint density at radius 2 is 2.31 bits per heavy atom. The molecular formula is C13H17NOS. The summed E-state index contributed by atoms with van der Waals surface area (Å²) in [7, 11) is 0. The van der Waals surface area contributed by atoms with Crippen molar-refractivity contribution >= 4 is 17.5 Å². The molecule has 1 aromatic carbocycles. The van der Waals surface area contributed by atoms with Gasteiger partial charge in [-0.2, -0.15) is 0 Å². The number of thioether (sulfide) groups is 1. The van der Waals surface area contributed by atoms with Crippen LogP contribution in [0.15, 0.2) is 23.1 Å². The molecule has 2 nitrogen and oxygen atoms in total. The smallest absolute Gasteiger partial charge is 0.162 e. The number of carbonyl (C=O) groups is 1. The Morgan fingerprint density at radius 3 is 3.12 bits per heavy atom. The number of ketones is 1. The highest BCUT2D eigenvalue weighted by molar-refractivity contribution is 7.99. The maximum Gasteiger partial charge on any atom is 0.162 e. The molecule has 0 bridgehead atoms. The molecule has 0 atom stereocenters. The third kappa shape index (κ3) is 2.66. The second kappa shape index (κ2) is 5.51. The zero-order chi connectivity index (χ0) is 11.4. The van der Waals surface area contributed by atoms with Gasteiger partial charge in [-0.1, -0.05) is 6.07 Å². The van der Waals surface area contributed by atoms with Gasteiger partial charge in [-0.05, 0) is 49.3 Å². The van der Waals surface area contributed by atoms with Crippen molar-refractivity contribution in [2.24, 2.45) is 5.73 Å². The van der Waals surface area contributed by atoms with Gasteiger partial charge in [0.25, 0.3) is 0 Å². The molecule has 0 saturated carbocycles. The fourth-order valence-electron chi connectivity index (χ4n) is 1.94. The summed E-state index contributed by atoms with van der Waals surface area (Å²) in [5.41, 5.74) is 7.61. The lowest BCUT2D eigenvalue weighted by Crippen LogP contribution is -2.06. The Kier molecular flexibility index (Phi) is 4.02. The molecule has 0 aromatic heterocycles. The monoisotopic (exact) mass is 235 g/mol. The summed E-state index contributed by atoms with van der Waals surface area (Å²) in [6.07, 6.45) is 3.69. The Labute approximate surface area is 101 Å². The summed E-state index contributed by atoms with van der Waals surface area (Å²) in [4.78, 5) is 13.2. The van der Waals surface area contributed by atoms with Crippen LogP contribution in [-0.4, -0.2) is 18.1 Å². The van der Waals surface area contributed by atoms with E-state index in [4.69, 9.17) is 5.73 Å². The molecule has 0 aliphatic carbocycles. The molecule has 1 heterocycles. The van der Waals surface area contributed by atoms with Gasteiger partial charge >= 0.3 is 0 Å². The quantitative estimate of drug-likeness (QED) is 0.816. The minimum atomic E-state index is 0.226. The molecule has 0 unspecified atom stereocenters. The maximum absolute atomic E-state index is 11.8. The van der Waals surface area contributed by atoms with E-state index < -0.39 is 0 Å². The highest BCUT2D eigenvalue weighted by Gasteiger charge is 2.12. The number of hydrogen-bond donors (Lipinski definition) is 1. The Morgan fingerprint density at radius 1 is 1.44 bits per heavy atom. The van der Waals surface area contributed by atoms with Crippen molar-refractivity contribution < 1.29 is 4.79 Å². The molecule has 1 aliphatic rings. The first-order valence-corrected chi connectivity index (χ1v) is 6.79. The number of rotatable bonds is 4. The maximum atomic E-state index is 11.8. The number of benzene rings is 1. The molecule has 0 radical (unpaired) electrons. The number of hydrogen-bond acceptors (Lipinski definition) is 3. The van der Waals surface area contributed by atoms with Crippen LogP contribution in [0.1, 0.15) is 35.2 Å². The molecule has 1 aromatic rings. The summed E-state index contributed by atoms with van der Waals surface area (Å²) in [5.74, 6) is 1.43. The van der Waals surface area contributed by atoms with Gasteiger partial charge in [-0.15, -0.1) is 11.8 Å². The summed E-state index contributed by atoms with van der Waals surface area (Å²) < 4.78 is 0. The third-order valence-corrected chi connectivity index (χ3v) is 4.04. The Hall–Kier alpha value is -0.800. The second-order valence-corrected chi connectivity index (χ2v) is 5.23. The van der Waals surface area contributed by atoms with Crippen LogP contribution in [0.5, 0.6) is 0 Å². The first-order valence-electron chi connectivity index (χ1n) is 5.80. The van der Waals surface area contributed by atoms with Gasteiger partial charge in [-0.3, -0.25) is 4.79 Å². The molecule has 86 valence electrons. The van der Waals surface area contributed by atoms with E-state index in [0.29, 0.717) is 13.0 Å². The number of nitrogens with two attached hydrogens (primary N) is 1. The summed E-state index contributed by atoms with van der Waals surface area (Å²) in [6.45, 7) is 0.590. The third-order valence-electron chi connectivity index (χ3n) is 2.84. The minimum absolute atomic E-state index is 0.226. The molecule has 0 saturated heterocycles. The van der Waals surface area contributed by atoms with Gasteiger partial charge in [0.05, 0.1) is 0 Å². The van der Waals surface area contributed by atoms with E-state index in [1.54, 1.807) is 0 Å². The zero-order valence-corrected chi connectivity index (χ0v) is 10.2. The molecular weight excluding hydrogens is 218 g/mol. The van der Waals surface area contributed by atoms with Crippen molar-refractivity contribution in [3.63, 3.8) is 0 Å². The molecule has 0 spiro atoms. The van der Waals surface area contributed by atoms with Crippen molar-refractivity contribution in [2.45, 2.75) is 30.6 Å². The van der Waals surface area contributed by atoms with Gasteiger partial charge in [0.2, 0.25) is 0 Å². The molecule has 1 aliphatic heterocycles. The highest BCUT2D eigenvalue weighted by Crippen LogP contribution is 2.30. The summed E-state index contributed by atoms with van der Waals surface area (Å²) in [5, 5.41) is 0. The number of aryl methyl sites for hydroxylation is 1. The lowest BCUT2D eigenvalue weighted by atomic mass is 10.0. The molecule has 2 N–H and O–H groups in total. The van der Waals surface area contributed by atoms with Gasteiger partial charge in [0.1, 0.15) is 0 Å². The first-order chi connectivity index (χ1) is 7.81. The second-order valence-electron chi connectivity index (χ2n) is 4.09. The highest BCUT2D eigenvalue weighted by atomic mass is 32.2. The van der Waals surface area contributed by atoms with Crippen LogP contribution < -0.4 is 5.73 Å². The lowest BCUT2D eigenvalue weighted by molar-refractivity contribution is 0.0980. The average Bonchev–Trinajstić information content (AvgIpc) is 2.35. The Balaban J connectivity index is 2.13. The van der Waals surface area contributed by atoms with E-state index in [9.17, 15) is 4.79 Å². The Bertz CT molecular complexity index is 390. The van der Waals surface area contributed by atoms with Crippen LogP contribution in [0.25, 0.3) is 0 Å². The average molecular weight is 235 g/mol.